The van der Waals surface area contributed by atoms with Crippen molar-refractivity contribution in [2.75, 3.05) is 14.7 Å². The smallest absolute Gasteiger partial charge is 0.298 e. The van der Waals surface area contributed by atoms with Gasteiger partial charge in [-0.2, -0.15) is 0 Å². The molecule has 0 spiro atoms. The van der Waals surface area contributed by atoms with Gasteiger partial charge in [-0.1, -0.05) is 151 Å². The molecule has 4 aliphatic rings. The Bertz CT molecular complexity index is 3530. The number of anilines is 8. The van der Waals surface area contributed by atoms with E-state index in [4.69, 9.17) is 4.42 Å². The van der Waals surface area contributed by atoms with Crippen molar-refractivity contribution in [2.24, 2.45) is 0 Å². The summed E-state index contributed by atoms with van der Waals surface area (Å²) in [7, 11) is 0. The van der Waals surface area contributed by atoms with E-state index in [9.17, 15) is 0 Å². The molecule has 0 bridgehead atoms. The third kappa shape index (κ3) is 6.82. The van der Waals surface area contributed by atoms with Crippen molar-refractivity contribution in [3.05, 3.63) is 148 Å². The molecule has 0 amide bonds. The Hall–Kier alpha value is -5.72. The molecule has 8 aromatic rings. The quantitative estimate of drug-likeness (QED) is 0.165. The van der Waals surface area contributed by atoms with Gasteiger partial charge < -0.3 is 19.1 Å². The number of fused-ring (bicyclic) bond motifs is 11. The average molecular weight is 968 g/mol. The highest BCUT2D eigenvalue weighted by Crippen LogP contribution is 2.63. The second kappa shape index (κ2) is 15.4. The van der Waals surface area contributed by atoms with Crippen LogP contribution in [0.15, 0.2) is 114 Å². The van der Waals surface area contributed by atoms with E-state index in [0.29, 0.717) is 0 Å². The second-order valence-corrected chi connectivity index (χ2v) is 27.8. The van der Waals surface area contributed by atoms with Gasteiger partial charge in [-0.05, 0) is 171 Å². The van der Waals surface area contributed by atoms with E-state index in [1.54, 1.807) is 0 Å². The highest BCUT2D eigenvalue weighted by molar-refractivity contribution is 7.26. The van der Waals surface area contributed by atoms with Gasteiger partial charge in [-0.3, -0.25) is 0 Å². The van der Waals surface area contributed by atoms with Crippen molar-refractivity contribution in [2.45, 2.75) is 169 Å². The summed E-state index contributed by atoms with van der Waals surface area (Å²) in [6.07, 6.45) is 4.78. The lowest BCUT2D eigenvalue weighted by atomic mass is 9.35. The molecule has 2 aromatic heterocycles. The summed E-state index contributed by atoms with van der Waals surface area (Å²) in [5, 5.41) is 3.73. The van der Waals surface area contributed by atoms with Gasteiger partial charge in [0.15, 0.2) is 0 Å². The van der Waals surface area contributed by atoms with Crippen molar-refractivity contribution < 1.29 is 4.42 Å². The molecule has 0 saturated heterocycles. The van der Waals surface area contributed by atoms with E-state index in [1.807, 2.05) is 11.3 Å². The van der Waals surface area contributed by atoms with Crippen molar-refractivity contribution >= 4 is 101 Å². The van der Waals surface area contributed by atoms with E-state index < -0.39 is 0 Å². The number of furan rings is 1. The molecule has 5 heterocycles. The summed E-state index contributed by atoms with van der Waals surface area (Å²) in [5.74, 6) is 0. The first-order valence-electron chi connectivity index (χ1n) is 26.8. The minimum Gasteiger partial charge on any atom is -0.468 e. The van der Waals surface area contributed by atoms with Gasteiger partial charge in [0.25, 0.3) is 6.71 Å². The zero-order valence-electron chi connectivity index (χ0n) is 46.0. The third-order valence-corrected chi connectivity index (χ3v) is 18.9. The average Bonchev–Trinajstić information content (AvgIpc) is 3.93. The van der Waals surface area contributed by atoms with Gasteiger partial charge in [-0.25, -0.2) is 0 Å². The molecule has 1 aliphatic carbocycles. The summed E-state index contributed by atoms with van der Waals surface area (Å²) in [6, 6.07) is 43.4. The molecule has 72 heavy (non-hydrogen) atoms. The lowest BCUT2D eigenvalue weighted by molar-refractivity contribution is 0.194. The van der Waals surface area contributed by atoms with E-state index in [1.165, 1.54) is 113 Å². The number of hydrogen-bond donors (Lipinski definition) is 0. The molecule has 0 N–H and O–H groups in total. The van der Waals surface area contributed by atoms with Gasteiger partial charge in [0.1, 0.15) is 5.58 Å². The van der Waals surface area contributed by atoms with Crippen LogP contribution in [0.2, 0.25) is 0 Å². The molecule has 1 fully saturated rings. The zero-order valence-corrected chi connectivity index (χ0v) is 46.8. The number of thiophene rings is 1. The van der Waals surface area contributed by atoms with Crippen LogP contribution in [0.3, 0.4) is 0 Å². The summed E-state index contributed by atoms with van der Waals surface area (Å²) in [6.45, 7) is 37.5. The van der Waals surface area contributed by atoms with Gasteiger partial charge >= 0.3 is 0 Å². The molecule has 0 radical (unpaired) electrons. The topological polar surface area (TPSA) is 22.9 Å². The minimum absolute atomic E-state index is 0.00317. The van der Waals surface area contributed by atoms with Gasteiger partial charge in [0.05, 0.1) is 21.9 Å². The molecule has 368 valence electrons. The summed E-state index contributed by atoms with van der Waals surface area (Å²) < 4.78 is 8.91. The fraction of sp³-hybridized carbons (Fsp3) is 0.394. The number of rotatable bonds is 3. The van der Waals surface area contributed by atoms with Crippen LogP contribution in [-0.2, 0) is 27.1 Å². The summed E-state index contributed by atoms with van der Waals surface area (Å²) in [5.41, 5.74) is 22.5. The van der Waals surface area contributed by atoms with Crippen LogP contribution in [0.4, 0.5) is 44.8 Å². The predicted octanol–water partition coefficient (Wildman–Crippen LogP) is 17.3. The van der Waals surface area contributed by atoms with E-state index in [-0.39, 0.29) is 39.3 Å². The van der Waals surface area contributed by atoms with Crippen LogP contribution >= 0.6 is 11.3 Å². The lowest BCUT2D eigenvalue weighted by Crippen LogP contribution is -2.60. The van der Waals surface area contributed by atoms with Crippen molar-refractivity contribution in [3.63, 3.8) is 0 Å². The van der Waals surface area contributed by atoms with Crippen molar-refractivity contribution in [1.82, 2.24) is 0 Å². The predicted molar refractivity (Wildman–Crippen MR) is 313 cm³/mol. The molecule has 12 rings (SSSR count). The Morgan fingerprint density at radius 2 is 1.06 bits per heavy atom. The fourth-order valence-electron chi connectivity index (χ4n) is 13.6. The second-order valence-electron chi connectivity index (χ2n) is 26.8. The number of benzene rings is 6. The Labute approximate surface area is 434 Å². The summed E-state index contributed by atoms with van der Waals surface area (Å²) >= 11 is 1.95. The Morgan fingerprint density at radius 1 is 0.528 bits per heavy atom. The normalized spacial score (nSPS) is 19.7. The maximum atomic E-state index is 7.59. The number of aryl methyl sites for hydroxylation is 2. The van der Waals surface area contributed by atoms with Gasteiger partial charge in [0.2, 0.25) is 0 Å². The minimum atomic E-state index is -0.158. The summed E-state index contributed by atoms with van der Waals surface area (Å²) in [4.78, 5) is 8.07. The van der Waals surface area contributed by atoms with Gasteiger partial charge in [-0.15, -0.1) is 11.3 Å². The monoisotopic (exact) mass is 968 g/mol. The van der Waals surface area contributed by atoms with Crippen molar-refractivity contribution in [1.29, 1.82) is 0 Å². The first-order valence-corrected chi connectivity index (χ1v) is 27.6. The molecule has 4 nitrogen and oxygen atoms in total. The number of hydrogen-bond acceptors (Lipinski definition) is 5. The molecule has 3 aliphatic heterocycles. The van der Waals surface area contributed by atoms with E-state index in [2.05, 4.69) is 235 Å². The SMILES string of the molecule is Cc1cc(C)c2c(c1)N(c1cc3c4c(c1)N(c1ccc(C(C)(C)C)cc1)c1c(oc5cc(C(C)(C)C)ccc15)B4c1c(sc4cc(C(C)(C)C)ccc14)N3c1ccc(C(C)(C)C)cc1)C1(C)CCCCC21C. The molecular formula is C66H74BN3OS. The third-order valence-electron chi connectivity index (χ3n) is 17.8. The van der Waals surface area contributed by atoms with E-state index >= 15 is 0 Å². The van der Waals surface area contributed by atoms with Crippen LogP contribution < -0.4 is 31.3 Å². The molecule has 2 atom stereocenters. The fourth-order valence-corrected chi connectivity index (χ4v) is 14.9. The van der Waals surface area contributed by atoms with E-state index in [0.717, 1.165) is 34.4 Å². The largest absolute Gasteiger partial charge is 0.468 e. The van der Waals surface area contributed by atoms with Crippen LogP contribution in [0.1, 0.15) is 162 Å². The zero-order chi connectivity index (χ0) is 51.0. The highest BCUT2D eigenvalue weighted by Gasteiger charge is 2.59. The van der Waals surface area contributed by atoms with Crippen LogP contribution in [0, 0.1) is 13.8 Å². The lowest BCUT2D eigenvalue weighted by Gasteiger charge is -2.51. The van der Waals surface area contributed by atoms with Crippen LogP contribution in [0.5, 0.6) is 0 Å². The van der Waals surface area contributed by atoms with Crippen LogP contribution in [0.25, 0.3) is 21.1 Å². The highest BCUT2D eigenvalue weighted by atomic mass is 32.1. The Kier molecular flexibility index (Phi) is 10.1. The van der Waals surface area contributed by atoms with Crippen LogP contribution in [-0.4, -0.2) is 12.3 Å². The maximum Gasteiger partial charge on any atom is 0.298 e. The first-order chi connectivity index (χ1) is 33.8. The molecule has 2 unspecified atom stereocenters. The first kappa shape index (κ1) is 47.3. The van der Waals surface area contributed by atoms with Crippen molar-refractivity contribution in [3.8, 4) is 0 Å². The Morgan fingerprint density at radius 3 is 1.65 bits per heavy atom. The number of nitrogens with zero attached hydrogens (tertiary/aromatic N) is 3. The maximum absolute atomic E-state index is 7.59. The Balaban J connectivity index is 1.24. The standard InChI is InChI=1S/C66H74BN3OS/c1-39-33-40(2)55-50(34-39)70(66(16)32-18-17-31-65(55,66)15)47-37-51-57-52(38-47)69(46-27-21-42(22-28-46)62(6,7)8)60-56(49-30-24-44(64(12,13)14)36-54(49)72-60)67(57)59-58(48-29-23-43(63(9,10)11)35-53(48)71-59)68(51)45-25-19-41(20-26-45)61(3,4)5/h19-30,33-38H,17-18,31-32H2,1-16H3. The van der Waals surface area contributed by atoms with Gasteiger partial charge in [0, 0.05) is 49.6 Å². The molecule has 6 aromatic carbocycles. The molecular weight excluding hydrogens is 894 g/mol. The molecule has 1 saturated carbocycles. The molecule has 6 heteroatoms.